The number of urea groups is 1. The molecule has 1 saturated heterocycles. The number of benzene rings is 1. The summed E-state index contributed by atoms with van der Waals surface area (Å²) in [5.74, 6) is -0.123. The fraction of sp³-hybridized carbons (Fsp3) is 0.353. The monoisotopic (exact) mass is 401 g/mol. The second-order valence-corrected chi connectivity index (χ2v) is 7.24. The highest BCUT2D eigenvalue weighted by molar-refractivity contribution is 7.09. The number of hydrogen-bond donors (Lipinski definition) is 1. The number of alkyl halides is 2. The first-order valence-corrected chi connectivity index (χ1v) is 9.32. The van der Waals surface area contributed by atoms with E-state index in [0.29, 0.717) is 18.8 Å². The summed E-state index contributed by atoms with van der Waals surface area (Å²) in [4.78, 5) is 17.7. The van der Waals surface area contributed by atoms with E-state index in [2.05, 4.69) is 26.4 Å². The predicted molar refractivity (Wildman–Crippen MR) is 98.3 cm³/mol. The smallest absolute Gasteiger partial charge is 0.387 e. The van der Waals surface area contributed by atoms with Gasteiger partial charge in [-0.2, -0.15) is 8.78 Å². The third-order valence-electron chi connectivity index (χ3n) is 4.02. The number of halogens is 3. The Bertz CT molecular complexity index is 738. The predicted octanol–water partition coefficient (Wildman–Crippen LogP) is 4.35. The van der Waals surface area contributed by atoms with Gasteiger partial charge in [-0.3, -0.25) is 4.90 Å². The standard InChI is InChI=1S/C17H18ClF2N3O2S/c18-14-10-12(3-4-15(14)25-16(19)20)21-17(24)23-7-5-22(6-8-23)11-13-2-1-9-26-13/h1-4,9-10,16H,5-8,11H2,(H,21,24). The summed E-state index contributed by atoms with van der Waals surface area (Å²) in [6.07, 6.45) is 0. The average molecular weight is 402 g/mol. The van der Waals surface area contributed by atoms with Crippen LogP contribution in [0.3, 0.4) is 0 Å². The first kappa shape index (κ1) is 18.9. The molecule has 1 aliphatic rings. The fourth-order valence-corrected chi connectivity index (χ4v) is 3.68. The Balaban J connectivity index is 1.50. The van der Waals surface area contributed by atoms with Gasteiger partial charge in [-0.1, -0.05) is 17.7 Å². The molecule has 140 valence electrons. The number of anilines is 1. The van der Waals surface area contributed by atoms with Crippen molar-refractivity contribution in [2.45, 2.75) is 13.2 Å². The van der Waals surface area contributed by atoms with Gasteiger partial charge >= 0.3 is 12.6 Å². The maximum atomic E-state index is 12.4. The Morgan fingerprint density at radius 3 is 2.65 bits per heavy atom. The van der Waals surface area contributed by atoms with Gasteiger partial charge in [0.2, 0.25) is 0 Å². The lowest BCUT2D eigenvalue weighted by Crippen LogP contribution is -2.49. The number of hydrogen-bond acceptors (Lipinski definition) is 4. The van der Waals surface area contributed by atoms with Crippen molar-refractivity contribution in [2.24, 2.45) is 0 Å². The van der Waals surface area contributed by atoms with E-state index >= 15 is 0 Å². The first-order valence-electron chi connectivity index (χ1n) is 8.06. The molecule has 3 rings (SSSR count). The molecule has 1 aromatic carbocycles. The molecule has 0 atom stereocenters. The Labute approximate surface area is 159 Å². The van der Waals surface area contributed by atoms with E-state index in [1.165, 1.54) is 23.1 Å². The van der Waals surface area contributed by atoms with Crippen LogP contribution in [0.1, 0.15) is 4.88 Å². The van der Waals surface area contributed by atoms with Crippen LogP contribution >= 0.6 is 22.9 Å². The Kier molecular flexibility index (Phi) is 6.29. The molecule has 0 radical (unpaired) electrons. The van der Waals surface area contributed by atoms with Crippen molar-refractivity contribution in [1.29, 1.82) is 0 Å². The van der Waals surface area contributed by atoms with Gasteiger partial charge in [-0.05, 0) is 29.6 Å². The van der Waals surface area contributed by atoms with Gasteiger partial charge < -0.3 is 15.0 Å². The highest BCUT2D eigenvalue weighted by Gasteiger charge is 2.21. The largest absolute Gasteiger partial charge is 0.433 e. The lowest BCUT2D eigenvalue weighted by Gasteiger charge is -2.34. The molecule has 0 saturated carbocycles. The third kappa shape index (κ3) is 5.06. The summed E-state index contributed by atoms with van der Waals surface area (Å²) < 4.78 is 28.8. The Morgan fingerprint density at radius 2 is 2.04 bits per heavy atom. The summed E-state index contributed by atoms with van der Waals surface area (Å²) in [6, 6.07) is 8.09. The lowest BCUT2D eigenvalue weighted by atomic mass is 10.3. The van der Waals surface area contributed by atoms with Crippen LogP contribution in [0.4, 0.5) is 19.3 Å². The molecule has 0 aliphatic carbocycles. The fourth-order valence-electron chi connectivity index (χ4n) is 2.70. The minimum atomic E-state index is -2.95. The molecule has 0 bridgehead atoms. The van der Waals surface area contributed by atoms with Gasteiger partial charge in [0.05, 0.1) is 5.02 Å². The van der Waals surface area contributed by atoms with Crippen LogP contribution in [0.2, 0.25) is 5.02 Å². The third-order valence-corrected chi connectivity index (χ3v) is 5.17. The van der Waals surface area contributed by atoms with E-state index in [0.717, 1.165) is 19.6 Å². The maximum Gasteiger partial charge on any atom is 0.387 e. The number of rotatable bonds is 5. The van der Waals surface area contributed by atoms with Crippen molar-refractivity contribution in [1.82, 2.24) is 9.80 Å². The highest BCUT2D eigenvalue weighted by atomic mass is 35.5. The van der Waals surface area contributed by atoms with Crippen LogP contribution in [0.25, 0.3) is 0 Å². The second kappa shape index (κ2) is 8.66. The molecule has 2 heterocycles. The molecule has 0 unspecified atom stereocenters. The van der Waals surface area contributed by atoms with Gasteiger partial charge in [0.15, 0.2) is 0 Å². The van der Waals surface area contributed by atoms with Crippen molar-refractivity contribution in [3.63, 3.8) is 0 Å². The number of ether oxygens (including phenoxy) is 1. The minimum Gasteiger partial charge on any atom is -0.433 e. The van der Waals surface area contributed by atoms with Crippen LogP contribution in [-0.4, -0.2) is 48.6 Å². The first-order chi connectivity index (χ1) is 12.5. The zero-order valence-corrected chi connectivity index (χ0v) is 15.4. The van der Waals surface area contributed by atoms with Crippen LogP contribution in [0.15, 0.2) is 35.7 Å². The molecule has 2 aromatic rings. The zero-order valence-electron chi connectivity index (χ0n) is 13.8. The summed E-state index contributed by atoms with van der Waals surface area (Å²) in [5.41, 5.74) is 0.433. The molecule has 1 fully saturated rings. The van der Waals surface area contributed by atoms with Crippen LogP contribution in [0.5, 0.6) is 5.75 Å². The van der Waals surface area contributed by atoms with E-state index in [1.807, 2.05) is 6.07 Å². The van der Waals surface area contributed by atoms with E-state index in [9.17, 15) is 13.6 Å². The summed E-state index contributed by atoms with van der Waals surface area (Å²) in [5, 5.41) is 4.81. The van der Waals surface area contributed by atoms with Crippen molar-refractivity contribution in [3.05, 3.63) is 45.6 Å². The van der Waals surface area contributed by atoms with Crippen molar-refractivity contribution < 1.29 is 18.3 Å². The van der Waals surface area contributed by atoms with Crippen molar-refractivity contribution in [3.8, 4) is 5.75 Å². The number of thiophene rings is 1. The number of nitrogens with one attached hydrogen (secondary N) is 1. The van der Waals surface area contributed by atoms with Crippen LogP contribution in [-0.2, 0) is 6.54 Å². The van der Waals surface area contributed by atoms with E-state index in [4.69, 9.17) is 11.6 Å². The quantitative estimate of drug-likeness (QED) is 0.810. The number of amides is 2. The summed E-state index contributed by atoms with van der Waals surface area (Å²) in [6.45, 7) is 0.794. The molecule has 26 heavy (non-hydrogen) atoms. The van der Waals surface area contributed by atoms with Crippen molar-refractivity contribution in [2.75, 3.05) is 31.5 Å². The van der Waals surface area contributed by atoms with Crippen LogP contribution < -0.4 is 10.1 Å². The van der Waals surface area contributed by atoms with Gasteiger partial charge in [0, 0.05) is 43.3 Å². The summed E-state index contributed by atoms with van der Waals surface area (Å²) >= 11 is 7.63. The topological polar surface area (TPSA) is 44.8 Å². The number of carbonyl (C=O) groups excluding carboxylic acids is 1. The van der Waals surface area contributed by atoms with Gasteiger partial charge in [-0.25, -0.2) is 4.79 Å². The minimum absolute atomic E-state index is 0.0175. The van der Waals surface area contributed by atoms with E-state index in [1.54, 1.807) is 16.2 Å². The molecule has 0 spiro atoms. The molecule has 9 heteroatoms. The Morgan fingerprint density at radius 1 is 1.27 bits per heavy atom. The van der Waals surface area contributed by atoms with Gasteiger partial charge in [-0.15, -0.1) is 11.3 Å². The van der Waals surface area contributed by atoms with Crippen LogP contribution in [0, 0.1) is 0 Å². The Hall–Kier alpha value is -1.90. The average Bonchev–Trinajstić information content (AvgIpc) is 3.10. The second-order valence-electron chi connectivity index (χ2n) is 5.80. The molecular formula is C17H18ClF2N3O2S. The van der Waals surface area contributed by atoms with Crippen molar-refractivity contribution >= 4 is 34.7 Å². The molecule has 1 aromatic heterocycles. The summed E-state index contributed by atoms with van der Waals surface area (Å²) in [7, 11) is 0. The van der Waals surface area contributed by atoms with E-state index in [-0.39, 0.29) is 16.8 Å². The molecule has 5 nitrogen and oxygen atoms in total. The van der Waals surface area contributed by atoms with E-state index < -0.39 is 6.61 Å². The number of piperazine rings is 1. The molecular weight excluding hydrogens is 384 g/mol. The van der Waals surface area contributed by atoms with Gasteiger partial charge in [0.25, 0.3) is 0 Å². The lowest BCUT2D eigenvalue weighted by molar-refractivity contribution is -0.0497. The highest BCUT2D eigenvalue weighted by Crippen LogP contribution is 2.29. The zero-order chi connectivity index (χ0) is 18.5. The van der Waals surface area contributed by atoms with Gasteiger partial charge in [0.1, 0.15) is 5.75 Å². The molecule has 2 amide bonds. The maximum absolute atomic E-state index is 12.4. The molecule has 1 aliphatic heterocycles. The molecule has 1 N–H and O–H groups in total. The SMILES string of the molecule is O=C(Nc1ccc(OC(F)F)c(Cl)c1)N1CCN(Cc2cccs2)CC1. The normalized spacial score (nSPS) is 15.3. The number of nitrogens with zero attached hydrogens (tertiary/aromatic N) is 2. The number of carbonyl (C=O) groups is 1.